The number of carbonyl (C=O) groups is 3. The first-order valence-corrected chi connectivity index (χ1v) is 8.39. The topological polar surface area (TPSA) is 210 Å². The van der Waals surface area contributed by atoms with Crippen LogP contribution in [-0.2, 0) is 14.4 Å². The van der Waals surface area contributed by atoms with Crippen LogP contribution in [0.4, 0.5) is 0 Å². The largest absolute Gasteiger partial charge is 0.478 e. The summed E-state index contributed by atoms with van der Waals surface area (Å²) >= 11 is 0. The quantitative estimate of drug-likeness (QED) is 0.353. The molecule has 0 amide bonds. The van der Waals surface area contributed by atoms with Gasteiger partial charge in [0.05, 0.1) is 0 Å². The summed E-state index contributed by atoms with van der Waals surface area (Å²) in [7, 11) is 0. The van der Waals surface area contributed by atoms with Crippen molar-refractivity contribution >= 4 is 17.9 Å². The van der Waals surface area contributed by atoms with Crippen molar-refractivity contribution in [2.24, 2.45) is 0 Å². The lowest BCUT2D eigenvalue weighted by Gasteiger charge is -1.87. The van der Waals surface area contributed by atoms with E-state index >= 15 is 0 Å². The molecule has 0 aliphatic heterocycles. The first kappa shape index (κ1) is 30.8. The molecule has 0 saturated heterocycles. The van der Waals surface area contributed by atoms with Crippen molar-refractivity contribution in [3.8, 4) is 0 Å². The Morgan fingerprint density at radius 3 is 0.833 bits per heavy atom. The lowest BCUT2D eigenvalue weighted by atomic mass is 10.2. The second-order valence-corrected chi connectivity index (χ2v) is 5.15. The zero-order valence-corrected chi connectivity index (χ0v) is 17.0. The van der Waals surface area contributed by atoms with Gasteiger partial charge >= 0.3 is 35.0 Å². The van der Waals surface area contributed by atoms with Crippen molar-refractivity contribution in [1.29, 1.82) is 0 Å². The van der Waals surface area contributed by atoms with Gasteiger partial charge in [0.2, 0.25) is 0 Å². The third kappa shape index (κ3) is 18.8. The maximum absolute atomic E-state index is 10.2. The molecule has 6 N–H and O–H groups in total. The van der Waals surface area contributed by atoms with E-state index in [0.29, 0.717) is 19.3 Å². The molecule has 0 aromatic carbocycles. The number of aromatic amines is 3. The zero-order valence-electron chi connectivity index (χ0n) is 17.0. The fraction of sp³-hybridized carbons (Fsp3) is 0.333. The fourth-order valence-electron chi connectivity index (χ4n) is 0.857. The Labute approximate surface area is 171 Å². The molecule has 12 heteroatoms. The van der Waals surface area contributed by atoms with Crippen LogP contribution < -0.4 is 17.1 Å². The first-order chi connectivity index (χ1) is 13.7. The van der Waals surface area contributed by atoms with Crippen LogP contribution >= 0.6 is 0 Å². The van der Waals surface area contributed by atoms with Crippen LogP contribution in [0.3, 0.4) is 0 Å². The molecule has 0 aliphatic carbocycles. The molecule has 1 heterocycles. The van der Waals surface area contributed by atoms with E-state index in [1.807, 2.05) is 0 Å². The Morgan fingerprint density at radius 1 is 0.600 bits per heavy atom. The van der Waals surface area contributed by atoms with Gasteiger partial charge in [0.1, 0.15) is 0 Å². The fourth-order valence-corrected chi connectivity index (χ4v) is 0.857. The molecule has 0 atom stereocenters. The summed E-state index contributed by atoms with van der Waals surface area (Å²) in [5.41, 5.74) is -1.61. The van der Waals surface area contributed by atoms with Crippen molar-refractivity contribution in [2.45, 2.75) is 40.0 Å². The first-order valence-electron chi connectivity index (χ1n) is 8.39. The highest BCUT2D eigenvalue weighted by Crippen LogP contribution is 1.94. The molecule has 0 fully saturated rings. The predicted molar refractivity (Wildman–Crippen MR) is 110 cm³/mol. The summed E-state index contributed by atoms with van der Waals surface area (Å²) in [6.45, 7) is 15.1. The van der Waals surface area contributed by atoms with Gasteiger partial charge in [-0.2, -0.15) is 0 Å². The number of rotatable bonds is 6. The number of aliphatic carboxylic acids is 3. The van der Waals surface area contributed by atoms with Crippen molar-refractivity contribution in [1.82, 2.24) is 15.0 Å². The lowest BCUT2D eigenvalue weighted by Crippen LogP contribution is -2.34. The van der Waals surface area contributed by atoms with Crippen LogP contribution in [0.2, 0.25) is 0 Å². The maximum Gasteiger partial charge on any atom is 0.330 e. The zero-order chi connectivity index (χ0) is 24.4. The molecule has 0 radical (unpaired) electrons. The monoisotopic (exact) mass is 429 g/mol. The van der Waals surface area contributed by atoms with Gasteiger partial charge < -0.3 is 15.3 Å². The molecule has 0 spiro atoms. The molecule has 1 aromatic heterocycles. The van der Waals surface area contributed by atoms with Crippen LogP contribution in [0.5, 0.6) is 0 Å². The minimum atomic E-state index is -0.900. The maximum atomic E-state index is 10.2. The minimum absolute atomic E-state index is 0.264. The molecule has 1 aromatic rings. The standard InChI is InChI=1S/3C5H8O2.C3H3N3O3/c3*1-3-4(2)5(6)7;7-1-4-2(8)6-3(9)5-1/h3*2-3H2,1H3,(H,6,7);(H3,4,5,6,7,8,9). The summed E-state index contributed by atoms with van der Waals surface area (Å²) in [4.78, 5) is 65.4. The number of nitrogens with one attached hydrogen (secondary N) is 3. The SMILES string of the molecule is C=C(CC)C(=O)O.C=C(CC)C(=O)O.C=C(CC)C(=O)O.O=c1[nH]c(=O)[nH]c(=O)[nH]1. The summed E-state index contributed by atoms with van der Waals surface area (Å²) < 4.78 is 0. The molecule has 168 valence electrons. The molecular weight excluding hydrogens is 402 g/mol. The van der Waals surface area contributed by atoms with E-state index in [1.54, 1.807) is 35.7 Å². The Morgan fingerprint density at radius 2 is 0.767 bits per heavy atom. The van der Waals surface area contributed by atoms with Crippen LogP contribution in [0.1, 0.15) is 40.0 Å². The molecular formula is C18H27N3O9. The van der Waals surface area contributed by atoms with Crippen molar-refractivity contribution < 1.29 is 29.7 Å². The Hall–Kier alpha value is -3.96. The van der Waals surface area contributed by atoms with E-state index in [0.717, 1.165) is 0 Å². The Bertz CT molecular complexity index is 779. The summed E-state index contributed by atoms with van der Waals surface area (Å²) in [5, 5.41) is 24.2. The van der Waals surface area contributed by atoms with E-state index in [-0.39, 0.29) is 16.7 Å². The van der Waals surface area contributed by atoms with Gasteiger partial charge in [-0.25, -0.2) is 28.8 Å². The van der Waals surface area contributed by atoms with E-state index in [9.17, 15) is 28.8 Å². The highest BCUT2D eigenvalue weighted by molar-refractivity contribution is 5.86. The highest BCUT2D eigenvalue weighted by Gasteiger charge is 1.97. The highest BCUT2D eigenvalue weighted by atomic mass is 16.4. The molecule has 0 saturated carbocycles. The van der Waals surface area contributed by atoms with E-state index < -0.39 is 35.0 Å². The van der Waals surface area contributed by atoms with Crippen LogP contribution in [0, 0.1) is 0 Å². The van der Waals surface area contributed by atoms with Crippen molar-refractivity contribution in [3.05, 3.63) is 67.9 Å². The van der Waals surface area contributed by atoms with Gasteiger partial charge in [0.15, 0.2) is 0 Å². The molecule has 0 aliphatic rings. The van der Waals surface area contributed by atoms with Gasteiger partial charge in [-0.1, -0.05) is 40.5 Å². The van der Waals surface area contributed by atoms with Crippen LogP contribution in [0.15, 0.2) is 50.8 Å². The second-order valence-electron chi connectivity index (χ2n) is 5.15. The van der Waals surface area contributed by atoms with Crippen LogP contribution in [-0.4, -0.2) is 48.2 Å². The normalized spacial score (nSPS) is 8.50. The van der Waals surface area contributed by atoms with Crippen molar-refractivity contribution in [2.75, 3.05) is 0 Å². The van der Waals surface area contributed by atoms with Gasteiger partial charge in [0.25, 0.3) is 0 Å². The van der Waals surface area contributed by atoms with E-state index in [2.05, 4.69) is 19.7 Å². The van der Waals surface area contributed by atoms with E-state index in [4.69, 9.17) is 15.3 Å². The number of aromatic nitrogens is 3. The Kier molecular flexibility index (Phi) is 17.6. The third-order valence-electron chi connectivity index (χ3n) is 2.87. The Balaban J connectivity index is -0.000000327. The number of carboxylic acid groups (broad SMARTS) is 3. The predicted octanol–water partition coefficient (Wildman–Crippen LogP) is 0.863. The molecule has 0 bridgehead atoms. The van der Waals surface area contributed by atoms with Crippen molar-refractivity contribution in [3.63, 3.8) is 0 Å². The smallest absolute Gasteiger partial charge is 0.330 e. The number of H-pyrrole nitrogens is 3. The molecule has 1 rings (SSSR count). The van der Waals surface area contributed by atoms with Gasteiger partial charge in [-0.05, 0) is 19.3 Å². The number of carboxylic acids is 3. The average Bonchev–Trinajstić information content (AvgIpc) is 2.65. The minimum Gasteiger partial charge on any atom is -0.478 e. The third-order valence-corrected chi connectivity index (χ3v) is 2.87. The molecule has 12 nitrogen and oxygen atoms in total. The molecule has 0 unspecified atom stereocenters. The van der Waals surface area contributed by atoms with E-state index in [1.165, 1.54) is 0 Å². The van der Waals surface area contributed by atoms with Gasteiger partial charge in [0, 0.05) is 16.7 Å². The molecule has 30 heavy (non-hydrogen) atoms. The van der Waals surface area contributed by atoms with Gasteiger partial charge in [-0.3, -0.25) is 15.0 Å². The second kappa shape index (κ2) is 17.2. The van der Waals surface area contributed by atoms with Crippen LogP contribution in [0.25, 0.3) is 0 Å². The summed E-state index contributed by atoms with van der Waals surface area (Å²) in [6.07, 6.45) is 1.57. The summed E-state index contributed by atoms with van der Waals surface area (Å²) in [6, 6.07) is 0. The van der Waals surface area contributed by atoms with Gasteiger partial charge in [-0.15, -0.1) is 0 Å². The number of hydrogen-bond donors (Lipinski definition) is 6. The number of hydrogen-bond acceptors (Lipinski definition) is 6. The average molecular weight is 429 g/mol. The summed E-state index contributed by atoms with van der Waals surface area (Å²) in [5.74, 6) is -2.70. The lowest BCUT2D eigenvalue weighted by molar-refractivity contribution is -0.133.